The van der Waals surface area contributed by atoms with Crippen molar-refractivity contribution in [2.45, 2.75) is 12.8 Å². The number of nitrogens with one attached hydrogen (secondary N) is 1. The summed E-state index contributed by atoms with van der Waals surface area (Å²) >= 11 is 0. The lowest BCUT2D eigenvalue weighted by Crippen LogP contribution is -2.40. The zero-order chi connectivity index (χ0) is 12.8. The summed E-state index contributed by atoms with van der Waals surface area (Å²) in [6.45, 7) is 3.54. The maximum Gasteiger partial charge on any atom is 0.227 e. The van der Waals surface area contributed by atoms with Crippen molar-refractivity contribution in [3.05, 3.63) is 24.5 Å². The molecule has 2 rings (SSSR count). The fraction of sp³-hybridized carbons (Fsp3) is 0.538. The molecule has 3 N–H and O–H groups in total. The highest BCUT2D eigenvalue weighted by Gasteiger charge is 2.24. The van der Waals surface area contributed by atoms with Crippen molar-refractivity contribution in [3.63, 3.8) is 0 Å². The Balaban J connectivity index is 1.81. The molecule has 5 nitrogen and oxygen atoms in total. The molecule has 0 radical (unpaired) electrons. The smallest absolute Gasteiger partial charge is 0.227 e. The summed E-state index contributed by atoms with van der Waals surface area (Å²) in [4.78, 5) is 18.3. The summed E-state index contributed by atoms with van der Waals surface area (Å²) in [6, 6.07) is 3.67. The van der Waals surface area contributed by atoms with Gasteiger partial charge in [-0.15, -0.1) is 0 Å². The van der Waals surface area contributed by atoms with Crippen molar-refractivity contribution in [1.29, 1.82) is 0 Å². The Morgan fingerprint density at radius 2 is 2.28 bits per heavy atom. The van der Waals surface area contributed by atoms with Crippen LogP contribution in [0.15, 0.2) is 24.5 Å². The molecule has 0 aliphatic carbocycles. The number of aromatic nitrogens is 1. The van der Waals surface area contributed by atoms with Crippen LogP contribution in [0.1, 0.15) is 12.8 Å². The van der Waals surface area contributed by atoms with Crippen LogP contribution >= 0.6 is 0 Å². The maximum atomic E-state index is 12.0. The third-order valence-corrected chi connectivity index (χ3v) is 3.33. The third kappa shape index (κ3) is 3.51. The molecule has 1 aliphatic heterocycles. The number of carbonyl (C=O) groups excluding carboxylic acids is 1. The van der Waals surface area contributed by atoms with E-state index in [-0.39, 0.29) is 11.8 Å². The monoisotopic (exact) mass is 248 g/mol. The van der Waals surface area contributed by atoms with Gasteiger partial charge in [-0.2, -0.15) is 0 Å². The van der Waals surface area contributed by atoms with Gasteiger partial charge in [-0.05, 0) is 38.1 Å². The number of hydrogen-bond donors (Lipinski definition) is 2. The molecule has 1 saturated heterocycles. The number of nitrogens with zero attached hydrogens (tertiary/aromatic N) is 2. The van der Waals surface area contributed by atoms with Crippen LogP contribution in [0, 0.1) is 5.92 Å². The minimum absolute atomic E-state index is 0.107. The van der Waals surface area contributed by atoms with E-state index in [0.717, 1.165) is 38.2 Å². The number of pyridine rings is 1. The predicted octanol–water partition coefficient (Wildman–Crippen LogP) is 0.691. The van der Waals surface area contributed by atoms with Gasteiger partial charge in [0.15, 0.2) is 0 Å². The molecular formula is C13H20N4O. The van der Waals surface area contributed by atoms with E-state index in [1.165, 1.54) is 0 Å². The van der Waals surface area contributed by atoms with Gasteiger partial charge in [-0.1, -0.05) is 0 Å². The lowest BCUT2D eigenvalue weighted by Gasteiger charge is -2.30. The van der Waals surface area contributed by atoms with E-state index >= 15 is 0 Å². The van der Waals surface area contributed by atoms with Gasteiger partial charge in [0.1, 0.15) is 0 Å². The lowest BCUT2D eigenvalue weighted by molar-refractivity contribution is -0.121. The summed E-state index contributed by atoms with van der Waals surface area (Å²) in [6.07, 6.45) is 5.18. The summed E-state index contributed by atoms with van der Waals surface area (Å²) in [5.41, 5.74) is 6.30. The number of piperidine rings is 1. The van der Waals surface area contributed by atoms with Crippen molar-refractivity contribution < 1.29 is 4.79 Å². The number of rotatable bonds is 4. The van der Waals surface area contributed by atoms with Gasteiger partial charge in [0.2, 0.25) is 5.91 Å². The number of carbonyl (C=O) groups is 1. The molecule has 0 atom stereocenters. The summed E-state index contributed by atoms with van der Waals surface area (Å²) in [5, 5.41) is 2.91. The number of amides is 1. The Labute approximate surface area is 107 Å². The van der Waals surface area contributed by atoms with E-state index < -0.39 is 0 Å². The molecule has 98 valence electrons. The third-order valence-electron chi connectivity index (χ3n) is 3.33. The highest BCUT2D eigenvalue weighted by atomic mass is 16.1. The van der Waals surface area contributed by atoms with Crippen molar-refractivity contribution in [2.24, 2.45) is 11.7 Å². The molecule has 5 heteroatoms. The first-order valence-corrected chi connectivity index (χ1v) is 6.43. The largest absolute Gasteiger partial charge is 0.329 e. The number of hydrogen-bond acceptors (Lipinski definition) is 4. The second kappa shape index (κ2) is 6.47. The summed E-state index contributed by atoms with van der Waals surface area (Å²) < 4.78 is 0. The molecule has 18 heavy (non-hydrogen) atoms. The minimum Gasteiger partial charge on any atom is -0.329 e. The molecule has 1 fully saturated rings. The Morgan fingerprint density at radius 1 is 1.50 bits per heavy atom. The molecular weight excluding hydrogens is 228 g/mol. The van der Waals surface area contributed by atoms with E-state index in [4.69, 9.17) is 5.73 Å². The van der Waals surface area contributed by atoms with Gasteiger partial charge in [0.25, 0.3) is 0 Å². The second-order valence-corrected chi connectivity index (χ2v) is 4.64. The first kappa shape index (κ1) is 13.0. The van der Waals surface area contributed by atoms with Crippen LogP contribution in [0.2, 0.25) is 0 Å². The van der Waals surface area contributed by atoms with Crippen molar-refractivity contribution in [3.8, 4) is 0 Å². The topological polar surface area (TPSA) is 71.2 Å². The lowest BCUT2D eigenvalue weighted by atomic mass is 9.96. The van der Waals surface area contributed by atoms with Crippen LogP contribution in [-0.2, 0) is 4.79 Å². The van der Waals surface area contributed by atoms with Crippen LogP contribution in [0.5, 0.6) is 0 Å². The van der Waals surface area contributed by atoms with E-state index in [2.05, 4.69) is 15.2 Å². The molecule has 2 heterocycles. The maximum absolute atomic E-state index is 12.0. The molecule has 1 aromatic rings. The van der Waals surface area contributed by atoms with E-state index in [1.807, 2.05) is 12.1 Å². The molecule has 0 bridgehead atoms. The standard InChI is InChI=1S/C13H20N4O/c14-5-9-17-7-3-11(4-8-17)13(18)16-12-2-1-6-15-10-12/h1-2,6,10-11H,3-5,7-9,14H2,(H,16,18). The normalized spacial score (nSPS) is 17.6. The highest BCUT2D eigenvalue weighted by molar-refractivity contribution is 5.92. The van der Waals surface area contributed by atoms with Gasteiger partial charge in [-0.3, -0.25) is 9.78 Å². The van der Waals surface area contributed by atoms with E-state index in [1.54, 1.807) is 12.4 Å². The van der Waals surface area contributed by atoms with E-state index in [0.29, 0.717) is 6.54 Å². The Morgan fingerprint density at radius 3 is 2.89 bits per heavy atom. The van der Waals surface area contributed by atoms with Gasteiger partial charge in [-0.25, -0.2) is 0 Å². The molecule has 0 aromatic carbocycles. The molecule has 1 aliphatic rings. The molecule has 0 unspecified atom stereocenters. The highest BCUT2D eigenvalue weighted by Crippen LogP contribution is 2.18. The van der Waals surface area contributed by atoms with Crippen LogP contribution in [0.3, 0.4) is 0 Å². The SMILES string of the molecule is NCCN1CCC(C(=O)Nc2cccnc2)CC1. The second-order valence-electron chi connectivity index (χ2n) is 4.64. The van der Waals surface area contributed by atoms with Crippen LogP contribution in [-0.4, -0.2) is 42.0 Å². The summed E-state index contributed by atoms with van der Waals surface area (Å²) in [5.74, 6) is 0.217. The van der Waals surface area contributed by atoms with Crippen molar-refractivity contribution >= 4 is 11.6 Å². The fourth-order valence-corrected chi connectivity index (χ4v) is 2.28. The Bertz CT molecular complexity index is 374. The average molecular weight is 248 g/mol. The molecule has 0 spiro atoms. The van der Waals surface area contributed by atoms with Crippen LogP contribution < -0.4 is 11.1 Å². The Hall–Kier alpha value is -1.46. The van der Waals surface area contributed by atoms with E-state index in [9.17, 15) is 4.79 Å². The van der Waals surface area contributed by atoms with Gasteiger partial charge in [0.05, 0.1) is 11.9 Å². The van der Waals surface area contributed by atoms with Gasteiger partial charge < -0.3 is 16.0 Å². The molecule has 0 saturated carbocycles. The van der Waals surface area contributed by atoms with Gasteiger partial charge in [0, 0.05) is 25.2 Å². The van der Waals surface area contributed by atoms with Crippen LogP contribution in [0.4, 0.5) is 5.69 Å². The zero-order valence-electron chi connectivity index (χ0n) is 10.5. The number of nitrogens with two attached hydrogens (primary N) is 1. The fourth-order valence-electron chi connectivity index (χ4n) is 2.28. The number of anilines is 1. The Kier molecular flexibility index (Phi) is 4.66. The van der Waals surface area contributed by atoms with Crippen LogP contribution in [0.25, 0.3) is 0 Å². The first-order valence-electron chi connectivity index (χ1n) is 6.43. The molecule has 1 amide bonds. The number of likely N-dealkylation sites (tertiary alicyclic amines) is 1. The van der Waals surface area contributed by atoms with Gasteiger partial charge >= 0.3 is 0 Å². The summed E-state index contributed by atoms with van der Waals surface area (Å²) in [7, 11) is 0. The van der Waals surface area contributed by atoms with Crippen molar-refractivity contribution in [1.82, 2.24) is 9.88 Å². The average Bonchev–Trinajstić information content (AvgIpc) is 2.41. The first-order chi connectivity index (χ1) is 8.79. The van der Waals surface area contributed by atoms with Crippen molar-refractivity contribution in [2.75, 3.05) is 31.5 Å². The molecule has 1 aromatic heterocycles. The predicted molar refractivity (Wildman–Crippen MR) is 71.1 cm³/mol. The minimum atomic E-state index is 0.107. The quantitative estimate of drug-likeness (QED) is 0.822. The zero-order valence-corrected chi connectivity index (χ0v) is 10.5.